The van der Waals surface area contributed by atoms with E-state index in [0.717, 1.165) is 12.2 Å². The van der Waals surface area contributed by atoms with Crippen LogP contribution in [-0.2, 0) is 48.7 Å². The molecule has 0 saturated carbocycles. The number of rotatable bonds is 38. The summed E-state index contributed by atoms with van der Waals surface area (Å²) in [4.78, 5) is 0. The fraction of sp³-hybridized carbons (Fsp3) is 0.625. The molecule has 0 amide bonds. The standard InChI is InChI=1S/C48H76O10Si/c1-5-6-7-8-9-12-17-44-22-24-45(25-23-44)57-42-40-55-38-36-53-34-32-51-30-28-49-26-27-50-29-31-52-33-35-54-37-39-56-41-43-58-59(48(2,3)4,46-18-13-10-14-19-46)47-20-15-11-16-21-47/h10-11,13-16,18-25H,5-9,12,17,26-43H2,1-4H3. The lowest BCUT2D eigenvalue weighted by Crippen LogP contribution is -2.66. The first kappa shape index (κ1) is 50.7. The highest BCUT2D eigenvalue weighted by Gasteiger charge is 2.50. The van der Waals surface area contributed by atoms with Crippen LogP contribution in [0.4, 0.5) is 0 Å². The predicted octanol–water partition coefficient (Wildman–Crippen LogP) is 7.68. The smallest absolute Gasteiger partial charge is 0.261 e. The Hall–Kier alpha value is -2.68. The summed E-state index contributed by atoms with van der Waals surface area (Å²) < 4.78 is 57.7. The summed E-state index contributed by atoms with van der Waals surface area (Å²) in [5, 5.41) is 2.48. The lowest BCUT2D eigenvalue weighted by atomic mass is 10.0. The molecule has 3 aromatic carbocycles. The Morgan fingerprint density at radius 2 is 0.746 bits per heavy atom. The van der Waals surface area contributed by atoms with E-state index < -0.39 is 8.32 Å². The minimum Gasteiger partial charge on any atom is -0.491 e. The molecule has 3 rings (SSSR count). The Bertz CT molecular complexity index is 1330. The average Bonchev–Trinajstić information content (AvgIpc) is 3.25. The van der Waals surface area contributed by atoms with Gasteiger partial charge in [-0.25, -0.2) is 0 Å². The minimum atomic E-state index is -2.54. The molecule has 0 aliphatic heterocycles. The molecule has 3 aromatic rings. The van der Waals surface area contributed by atoms with Crippen LogP contribution in [-0.4, -0.2) is 127 Å². The van der Waals surface area contributed by atoms with E-state index in [1.807, 2.05) is 0 Å². The van der Waals surface area contributed by atoms with Crippen molar-refractivity contribution >= 4 is 18.7 Å². The van der Waals surface area contributed by atoms with Gasteiger partial charge in [0.2, 0.25) is 0 Å². The summed E-state index contributed by atoms with van der Waals surface area (Å²) in [7, 11) is -2.54. The average molecular weight is 841 g/mol. The Kier molecular flexibility index (Phi) is 28.3. The number of aryl methyl sites for hydroxylation is 1. The van der Waals surface area contributed by atoms with Crippen molar-refractivity contribution in [1.29, 1.82) is 0 Å². The largest absolute Gasteiger partial charge is 0.491 e. The molecule has 0 atom stereocenters. The zero-order valence-electron chi connectivity index (χ0n) is 36.8. The summed E-state index contributed by atoms with van der Waals surface area (Å²) in [6, 6.07) is 29.8. The van der Waals surface area contributed by atoms with Gasteiger partial charge in [0.05, 0.1) is 112 Å². The predicted molar refractivity (Wildman–Crippen MR) is 239 cm³/mol. The molecule has 0 radical (unpaired) electrons. The molecule has 0 unspecified atom stereocenters. The number of benzene rings is 3. The molecule has 332 valence electrons. The first-order valence-electron chi connectivity index (χ1n) is 22.1. The highest BCUT2D eigenvalue weighted by Crippen LogP contribution is 2.36. The number of hydrogen-bond donors (Lipinski definition) is 0. The van der Waals surface area contributed by atoms with Gasteiger partial charge in [-0.15, -0.1) is 0 Å². The normalized spacial score (nSPS) is 12.0. The second kappa shape index (κ2) is 33.0. The van der Waals surface area contributed by atoms with Crippen LogP contribution in [0.1, 0.15) is 71.8 Å². The van der Waals surface area contributed by atoms with Crippen LogP contribution < -0.4 is 15.1 Å². The Morgan fingerprint density at radius 1 is 0.390 bits per heavy atom. The molecule has 59 heavy (non-hydrogen) atoms. The fourth-order valence-corrected chi connectivity index (χ4v) is 11.3. The first-order valence-corrected chi connectivity index (χ1v) is 24.0. The molecule has 0 aromatic heterocycles. The summed E-state index contributed by atoms with van der Waals surface area (Å²) in [6.07, 6.45) is 9.09. The van der Waals surface area contributed by atoms with Crippen LogP contribution >= 0.6 is 0 Å². The number of ether oxygens (including phenoxy) is 9. The summed E-state index contributed by atoms with van der Waals surface area (Å²) in [5.74, 6) is 0.886. The molecule has 0 heterocycles. The number of hydrogen-bond acceptors (Lipinski definition) is 10. The molecule has 0 spiro atoms. The molecule has 0 bridgehead atoms. The molecule has 0 aliphatic carbocycles. The van der Waals surface area contributed by atoms with Gasteiger partial charge in [-0.1, -0.05) is 133 Å². The van der Waals surface area contributed by atoms with E-state index in [2.05, 4.69) is 113 Å². The van der Waals surface area contributed by atoms with E-state index in [-0.39, 0.29) is 5.04 Å². The molecule has 0 saturated heterocycles. The van der Waals surface area contributed by atoms with Crippen LogP contribution in [0.5, 0.6) is 5.75 Å². The highest BCUT2D eigenvalue weighted by atomic mass is 28.4. The Balaban J connectivity index is 1.02. The van der Waals surface area contributed by atoms with Gasteiger partial charge in [0.1, 0.15) is 12.4 Å². The highest BCUT2D eigenvalue weighted by molar-refractivity contribution is 6.99. The van der Waals surface area contributed by atoms with E-state index in [4.69, 9.17) is 47.1 Å². The van der Waals surface area contributed by atoms with Crippen molar-refractivity contribution in [3.8, 4) is 5.75 Å². The molecule has 0 N–H and O–H groups in total. The Labute approximate surface area is 357 Å². The third-order valence-electron chi connectivity index (χ3n) is 9.81. The summed E-state index contributed by atoms with van der Waals surface area (Å²) in [6.45, 7) is 18.4. The number of unbranched alkanes of at least 4 members (excludes halogenated alkanes) is 5. The third-order valence-corrected chi connectivity index (χ3v) is 14.8. The van der Waals surface area contributed by atoms with Crippen molar-refractivity contribution < 1.29 is 47.1 Å². The molecule has 10 nitrogen and oxygen atoms in total. The summed E-state index contributed by atoms with van der Waals surface area (Å²) in [5.41, 5.74) is 1.38. The van der Waals surface area contributed by atoms with Gasteiger partial charge in [0.25, 0.3) is 8.32 Å². The van der Waals surface area contributed by atoms with Gasteiger partial charge in [0.15, 0.2) is 0 Å². The van der Waals surface area contributed by atoms with Gasteiger partial charge >= 0.3 is 0 Å². The maximum absolute atomic E-state index is 6.86. The van der Waals surface area contributed by atoms with Crippen LogP contribution in [0.25, 0.3) is 0 Å². The zero-order chi connectivity index (χ0) is 42.0. The van der Waals surface area contributed by atoms with Crippen molar-refractivity contribution in [3.63, 3.8) is 0 Å². The monoisotopic (exact) mass is 841 g/mol. The van der Waals surface area contributed by atoms with E-state index >= 15 is 0 Å². The molecular formula is C48H76O10Si. The second-order valence-electron chi connectivity index (χ2n) is 15.4. The van der Waals surface area contributed by atoms with Gasteiger partial charge in [0, 0.05) is 0 Å². The minimum absolute atomic E-state index is 0.0556. The van der Waals surface area contributed by atoms with Crippen LogP contribution in [0.2, 0.25) is 5.04 Å². The van der Waals surface area contributed by atoms with E-state index in [0.29, 0.717) is 119 Å². The van der Waals surface area contributed by atoms with Crippen molar-refractivity contribution in [3.05, 3.63) is 90.5 Å². The van der Waals surface area contributed by atoms with Gasteiger partial charge in [-0.05, 0) is 45.9 Å². The van der Waals surface area contributed by atoms with Crippen molar-refractivity contribution in [2.75, 3.05) is 119 Å². The third kappa shape index (κ3) is 22.1. The quantitative estimate of drug-likeness (QED) is 0.0423. The summed E-state index contributed by atoms with van der Waals surface area (Å²) >= 11 is 0. The second-order valence-corrected chi connectivity index (χ2v) is 19.7. The topological polar surface area (TPSA) is 92.3 Å². The maximum atomic E-state index is 6.86. The van der Waals surface area contributed by atoms with Crippen LogP contribution in [0, 0.1) is 0 Å². The molecular weight excluding hydrogens is 765 g/mol. The Morgan fingerprint density at radius 3 is 1.14 bits per heavy atom. The lowest BCUT2D eigenvalue weighted by Gasteiger charge is -2.43. The maximum Gasteiger partial charge on any atom is 0.261 e. The van der Waals surface area contributed by atoms with E-state index in [9.17, 15) is 0 Å². The van der Waals surface area contributed by atoms with Crippen LogP contribution in [0.15, 0.2) is 84.9 Å². The fourth-order valence-electron chi connectivity index (χ4n) is 6.74. The van der Waals surface area contributed by atoms with Gasteiger partial charge < -0.3 is 47.1 Å². The van der Waals surface area contributed by atoms with Gasteiger partial charge in [-0.2, -0.15) is 0 Å². The van der Waals surface area contributed by atoms with Crippen molar-refractivity contribution in [1.82, 2.24) is 0 Å². The first-order chi connectivity index (χ1) is 29.0. The van der Waals surface area contributed by atoms with Crippen molar-refractivity contribution in [2.24, 2.45) is 0 Å². The molecule has 0 aliphatic rings. The lowest BCUT2D eigenvalue weighted by molar-refractivity contribution is -0.0241. The van der Waals surface area contributed by atoms with E-state index in [1.54, 1.807) is 0 Å². The SMILES string of the molecule is CCCCCCCCc1ccc(OCCOCCOCCOCCOCCOCCOCCOCCOCCO[Si](c2ccccc2)(c2ccccc2)C(C)(C)C)cc1. The molecule has 0 fully saturated rings. The van der Waals surface area contributed by atoms with Gasteiger partial charge in [-0.3, -0.25) is 0 Å². The molecule has 11 heteroatoms. The van der Waals surface area contributed by atoms with Crippen molar-refractivity contribution in [2.45, 2.75) is 77.7 Å². The van der Waals surface area contributed by atoms with Crippen LogP contribution in [0.3, 0.4) is 0 Å². The zero-order valence-corrected chi connectivity index (χ0v) is 37.8. The van der Waals surface area contributed by atoms with E-state index in [1.165, 1.54) is 54.5 Å².